The summed E-state index contributed by atoms with van der Waals surface area (Å²) in [7, 11) is 1.85. The molecule has 0 spiro atoms. The van der Waals surface area contributed by atoms with Crippen molar-refractivity contribution in [1.29, 1.82) is 0 Å². The highest BCUT2D eigenvalue weighted by atomic mass is 79.9. The molecule has 1 saturated heterocycles. The standard InChI is InChI=1S/C13H16BrClN2O/c1-17-8-11(3-5-13(17)18)16-7-9-6-10(15)2-4-12(9)14/h2,4,6,11,16H,3,5,7-8H2,1H3. The Balaban J connectivity index is 1.91. The summed E-state index contributed by atoms with van der Waals surface area (Å²) in [5, 5.41) is 4.22. The maximum Gasteiger partial charge on any atom is 0.222 e. The summed E-state index contributed by atoms with van der Waals surface area (Å²) in [5.74, 6) is 0.233. The Kier molecular flexibility index (Phi) is 4.65. The van der Waals surface area contributed by atoms with Crippen LogP contribution in [-0.2, 0) is 11.3 Å². The second kappa shape index (κ2) is 6.04. The Morgan fingerprint density at radius 3 is 3.06 bits per heavy atom. The van der Waals surface area contributed by atoms with E-state index in [4.69, 9.17) is 11.6 Å². The number of hydrogen-bond donors (Lipinski definition) is 1. The number of hydrogen-bond acceptors (Lipinski definition) is 2. The zero-order valence-electron chi connectivity index (χ0n) is 10.2. The first-order valence-corrected chi connectivity index (χ1v) is 7.14. The Morgan fingerprint density at radius 1 is 1.56 bits per heavy atom. The zero-order valence-corrected chi connectivity index (χ0v) is 12.6. The molecular formula is C13H16BrClN2O. The number of halogens is 2. The van der Waals surface area contributed by atoms with Crippen molar-refractivity contribution < 1.29 is 4.79 Å². The molecule has 5 heteroatoms. The molecular weight excluding hydrogens is 316 g/mol. The van der Waals surface area contributed by atoms with Gasteiger partial charge in [0, 0.05) is 42.1 Å². The number of carbonyl (C=O) groups excluding carboxylic acids is 1. The van der Waals surface area contributed by atoms with Gasteiger partial charge in [-0.25, -0.2) is 0 Å². The van der Waals surface area contributed by atoms with Crippen LogP contribution in [0.15, 0.2) is 22.7 Å². The van der Waals surface area contributed by atoms with Crippen molar-refractivity contribution in [2.75, 3.05) is 13.6 Å². The van der Waals surface area contributed by atoms with E-state index in [0.717, 1.165) is 34.6 Å². The number of amides is 1. The number of likely N-dealkylation sites (tertiary alicyclic amines) is 1. The second-order valence-corrected chi connectivity index (χ2v) is 5.92. The van der Waals surface area contributed by atoms with Crippen molar-refractivity contribution in [3.05, 3.63) is 33.3 Å². The molecule has 1 aromatic carbocycles. The molecule has 0 bridgehead atoms. The fourth-order valence-electron chi connectivity index (χ4n) is 2.11. The molecule has 1 amide bonds. The van der Waals surface area contributed by atoms with Gasteiger partial charge in [0.1, 0.15) is 0 Å². The molecule has 1 fully saturated rings. The maximum atomic E-state index is 11.4. The highest BCUT2D eigenvalue weighted by molar-refractivity contribution is 9.10. The first kappa shape index (κ1) is 13.8. The van der Waals surface area contributed by atoms with Crippen molar-refractivity contribution in [3.63, 3.8) is 0 Å². The smallest absolute Gasteiger partial charge is 0.222 e. The molecule has 1 aromatic rings. The van der Waals surface area contributed by atoms with Gasteiger partial charge < -0.3 is 10.2 Å². The quantitative estimate of drug-likeness (QED) is 0.924. The number of nitrogens with zero attached hydrogens (tertiary/aromatic N) is 1. The van der Waals surface area contributed by atoms with Crippen LogP contribution in [0.1, 0.15) is 18.4 Å². The molecule has 0 saturated carbocycles. The third-order valence-corrected chi connectivity index (χ3v) is 4.22. The highest BCUT2D eigenvalue weighted by Crippen LogP contribution is 2.21. The lowest BCUT2D eigenvalue weighted by molar-refractivity contribution is -0.132. The Bertz CT molecular complexity index is 453. The minimum absolute atomic E-state index is 0.233. The molecule has 1 aliphatic rings. The van der Waals surface area contributed by atoms with Gasteiger partial charge in [0.25, 0.3) is 0 Å². The Labute approximate surface area is 121 Å². The van der Waals surface area contributed by atoms with Crippen LogP contribution in [0.25, 0.3) is 0 Å². The minimum atomic E-state index is 0.233. The first-order chi connectivity index (χ1) is 8.56. The van der Waals surface area contributed by atoms with Crippen LogP contribution in [0, 0.1) is 0 Å². The predicted molar refractivity (Wildman–Crippen MR) is 76.7 cm³/mol. The summed E-state index contributed by atoms with van der Waals surface area (Å²) >= 11 is 9.49. The summed E-state index contributed by atoms with van der Waals surface area (Å²) in [4.78, 5) is 13.2. The molecule has 1 N–H and O–H groups in total. The van der Waals surface area contributed by atoms with Crippen LogP contribution in [0.3, 0.4) is 0 Å². The molecule has 0 aliphatic carbocycles. The summed E-state index contributed by atoms with van der Waals surface area (Å²) < 4.78 is 1.06. The third kappa shape index (κ3) is 3.46. The molecule has 1 aliphatic heterocycles. The molecule has 18 heavy (non-hydrogen) atoms. The highest BCUT2D eigenvalue weighted by Gasteiger charge is 2.22. The van der Waals surface area contributed by atoms with E-state index in [9.17, 15) is 4.79 Å². The molecule has 3 nitrogen and oxygen atoms in total. The zero-order chi connectivity index (χ0) is 13.1. The van der Waals surface area contributed by atoms with Crippen LogP contribution >= 0.6 is 27.5 Å². The fraction of sp³-hybridized carbons (Fsp3) is 0.462. The van der Waals surface area contributed by atoms with Crippen LogP contribution in [0.2, 0.25) is 5.02 Å². The van der Waals surface area contributed by atoms with E-state index in [0.29, 0.717) is 12.5 Å². The van der Waals surface area contributed by atoms with Gasteiger partial charge in [-0.05, 0) is 30.2 Å². The number of carbonyl (C=O) groups is 1. The molecule has 1 atom stereocenters. The molecule has 0 radical (unpaired) electrons. The van der Waals surface area contributed by atoms with Gasteiger partial charge in [-0.1, -0.05) is 27.5 Å². The van der Waals surface area contributed by atoms with E-state index < -0.39 is 0 Å². The lowest BCUT2D eigenvalue weighted by atomic mass is 10.1. The Morgan fingerprint density at radius 2 is 2.33 bits per heavy atom. The second-order valence-electron chi connectivity index (χ2n) is 4.63. The van der Waals surface area contributed by atoms with Gasteiger partial charge in [0.2, 0.25) is 5.91 Å². The van der Waals surface area contributed by atoms with Gasteiger partial charge in [0.05, 0.1) is 0 Å². The molecule has 1 heterocycles. The van der Waals surface area contributed by atoms with E-state index in [1.165, 1.54) is 0 Å². The maximum absolute atomic E-state index is 11.4. The van der Waals surface area contributed by atoms with Crippen molar-refractivity contribution >= 4 is 33.4 Å². The van der Waals surface area contributed by atoms with E-state index in [2.05, 4.69) is 21.2 Å². The van der Waals surface area contributed by atoms with Gasteiger partial charge in [-0.2, -0.15) is 0 Å². The van der Waals surface area contributed by atoms with Crippen molar-refractivity contribution in [1.82, 2.24) is 10.2 Å². The minimum Gasteiger partial charge on any atom is -0.344 e. The third-order valence-electron chi connectivity index (χ3n) is 3.22. The van der Waals surface area contributed by atoms with Crippen LogP contribution in [0.4, 0.5) is 0 Å². The van der Waals surface area contributed by atoms with E-state index in [1.807, 2.05) is 25.2 Å². The Hall–Kier alpha value is -0.580. The summed E-state index contributed by atoms with van der Waals surface area (Å²) in [5.41, 5.74) is 1.14. The average Bonchev–Trinajstić information content (AvgIpc) is 2.34. The topological polar surface area (TPSA) is 32.3 Å². The monoisotopic (exact) mass is 330 g/mol. The van der Waals surface area contributed by atoms with Gasteiger partial charge in [0.15, 0.2) is 0 Å². The molecule has 0 aromatic heterocycles. The normalized spacial score (nSPS) is 20.3. The molecule has 1 unspecified atom stereocenters. The number of nitrogens with one attached hydrogen (secondary N) is 1. The summed E-state index contributed by atoms with van der Waals surface area (Å²) in [6.07, 6.45) is 1.53. The largest absolute Gasteiger partial charge is 0.344 e. The first-order valence-electron chi connectivity index (χ1n) is 5.97. The number of piperidine rings is 1. The van der Waals surface area contributed by atoms with Gasteiger partial charge in [-0.3, -0.25) is 4.79 Å². The van der Waals surface area contributed by atoms with Crippen molar-refractivity contribution in [3.8, 4) is 0 Å². The predicted octanol–water partition coefficient (Wildman–Crippen LogP) is 2.81. The van der Waals surface area contributed by atoms with Crippen LogP contribution < -0.4 is 5.32 Å². The van der Waals surface area contributed by atoms with Gasteiger partial charge in [-0.15, -0.1) is 0 Å². The number of benzene rings is 1. The average molecular weight is 332 g/mol. The van der Waals surface area contributed by atoms with E-state index >= 15 is 0 Å². The lowest BCUT2D eigenvalue weighted by Crippen LogP contribution is -2.46. The van der Waals surface area contributed by atoms with Crippen molar-refractivity contribution in [2.24, 2.45) is 0 Å². The van der Waals surface area contributed by atoms with Crippen LogP contribution in [0.5, 0.6) is 0 Å². The van der Waals surface area contributed by atoms with Crippen LogP contribution in [-0.4, -0.2) is 30.4 Å². The summed E-state index contributed by atoms with van der Waals surface area (Å²) in [6.45, 7) is 1.53. The van der Waals surface area contributed by atoms with Gasteiger partial charge >= 0.3 is 0 Å². The van der Waals surface area contributed by atoms with E-state index in [1.54, 1.807) is 4.90 Å². The SMILES string of the molecule is CN1CC(NCc2cc(Cl)ccc2Br)CCC1=O. The summed E-state index contributed by atoms with van der Waals surface area (Å²) in [6, 6.07) is 6.13. The van der Waals surface area contributed by atoms with Crippen molar-refractivity contribution in [2.45, 2.75) is 25.4 Å². The lowest BCUT2D eigenvalue weighted by Gasteiger charge is -2.30. The number of likely N-dealkylation sites (N-methyl/N-ethyl adjacent to an activating group) is 1. The molecule has 98 valence electrons. The fourth-order valence-corrected chi connectivity index (χ4v) is 2.69. The molecule has 2 rings (SSSR count). The van der Waals surface area contributed by atoms with E-state index in [-0.39, 0.29) is 5.91 Å². The number of rotatable bonds is 3.